The van der Waals surface area contributed by atoms with Gasteiger partial charge >= 0.3 is 24.1 Å². The Bertz CT molecular complexity index is 1450. The topological polar surface area (TPSA) is 95.5 Å². The minimum Gasteiger partial charge on any atom is -0.407 e. The van der Waals surface area contributed by atoms with Gasteiger partial charge in [-0.1, -0.05) is 18.2 Å². The lowest BCUT2D eigenvalue weighted by Gasteiger charge is -2.43. The van der Waals surface area contributed by atoms with Gasteiger partial charge < -0.3 is 15.7 Å². The van der Waals surface area contributed by atoms with Crippen LogP contribution in [-0.4, -0.2) is 65.6 Å². The molecule has 1 saturated carbocycles. The molecule has 0 unspecified atom stereocenters. The largest absolute Gasteiger partial charge is 0.435 e. The van der Waals surface area contributed by atoms with Gasteiger partial charge in [0.25, 0.3) is 0 Å². The molecule has 0 heterocycles. The van der Waals surface area contributed by atoms with Crippen LogP contribution in [0.5, 0.6) is 0 Å². The number of sulfone groups is 1. The highest BCUT2D eigenvalue weighted by atomic mass is 32.2. The number of amides is 2. The highest BCUT2D eigenvalue weighted by molar-refractivity contribution is 7.92. The van der Waals surface area contributed by atoms with Crippen LogP contribution in [0.1, 0.15) is 36.0 Å². The van der Waals surface area contributed by atoms with Gasteiger partial charge in [-0.15, -0.1) is 0 Å². The summed E-state index contributed by atoms with van der Waals surface area (Å²) in [5, 5.41) is 11.9. The van der Waals surface area contributed by atoms with Crippen LogP contribution in [0.3, 0.4) is 0 Å². The summed E-state index contributed by atoms with van der Waals surface area (Å²) < 4.78 is 136. The van der Waals surface area contributed by atoms with Crippen LogP contribution in [0, 0.1) is 11.7 Å². The molecule has 2 aromatic carbocycles. The van der Waals surface area contributed by atoms with Gasteiger partial charge in [0, 0.05) is 29.5 Å². The lowest BCUT2D eigenvalue weighted by molar-refractivity contribution is -0.348. The van der Waals surface area contributed by atoms with Gasteiger partial charge in [-0.05, 0) is 61.1 Å². The Morgan fingerprint density at radius 2 is 1.57 bits per heavy atom. The Kier molecular flexibility index (Phi) is 7.97. The molecule has 2 aliphatic carbocycles. The molecule has 4 rings (SSSR count). The van der Waals surface area contributed by atoms with Crippen LogP contribution in [0.4, 0.5) is 39.9 Å². The molecule has 0 saturated heterocycles. The number of aryl methyl sites for hydroxylation is 1. The molecule has 2 amide bonds. The van der Waals surface area contributed by atoms with Crippen LogP contribution in [0.15, 0.2) is 47.4 Å². The third-order valence-corrected chi connectivity index (χ3v) is 10.4. The lowest BCUT2D eigenvalue weighted by Crippen LogP contribution is -2.53. The number of halogens is 8. The van der Waals surface area contributed by atoms with E-state index in [-0.39, 0.29) is 47.8 Å². The second-order valence-corrected chi connectivity index (χ2v) is 12.7. The van der Waals surface area contributed by atoms with Crippen LogP contribution in [-0.2, 0) is 26.7 Å². The van der Waals surface area contributed by atoms with Gasteiger partial charge in [0.2, 0.25) is 0 Å². The van der Waals surface area contributed by atoms with Crippen molar-refractivity contribution in [2.45, 2.75) is 64.8 Å². The number of urea groups is 1. The fourth-order valence-electron chi connectivity index (χ4n) is 5.99. The number of alkyl halides is 7. The zero-order chi connectivity index (χ0) is 31.5. The average Bonchev–Trinajstić information content (AvgIpc) is 3.25. The molecule has 0 bridgehead atoms. The zero-order valence-electron chi connectivity index (χ0n) is 21.5. The predicted molar refractivity (Wildman–Crippen MR) is 134 cm³/mol. The van der Waals surface area contributed by atoms with E-state index in [4.69, 9.17) is 15.7 Å². The van der Waals surface area contributed by atoms with Crippen molar-refractivity contribution in [3.8, 4) is 0 Å². The first-order chi connectivity index (χ1) is 19.1. The molecule has 2 aromatic rings. The van der Waals surface area contributed by atoms with E-state index in [1.165, 1.54) is 0 Å². The van der Waals surface area contributed by atoms with E-state index in [1.54, 1.807) is 0 Å². The van der Waals surface area contributed by atoms with Gasteiger partial charge in [0.1, 0.15) is 26.3 Å². The van der Waals surface area contributed by atoms with Crippen LogP contribution in [0.2, 0.25) is 0 Å². The maximum Gasteiger partial charge on any atom is 0.435 e. The lowest BCUT2D eigenvalue weighted by atomic mass is 9.65. The molecule has 4 radical (unpaired) electrons. The van der Waals surface area contributed by atoms with Crippen molar-refractivity contribution in [3.63, 3.8) is 0 Å². The molecule has 17 heteroatoms. The first kappa shape index (κ1) is 32.1. The van der Waals surface area contributed by atoms with E-state index in [0.29, 0.717) is 6.07 Å². The fourth-order valence-corrected chi connectivity index (χ4v) is 8.46. The molecule has 42 heavy (non-hydrogen) atoms. The summed E-state index contributed by atoms with van der Waals surface area (Å²) in [6, 6.07) is 3.29. The van der Waals surface area contributed by atoms with E-state index in [9.17, 15) is 53.4 Å². The molecule has 3 N–H and O–H groups in total. The SMILES string of the molecule is [B]C([B])(O)CNC(=O)N[C@@H]1CC[C@@]2(S(=O)(=O)c3ccc(F)cc3)c3ccc(C(F)(C(F)(F)F)C(F)(F)F)cc3CC[C@@H]12. The second kappa shape index (κ2) is 10.4. The number of carbonyl (C=O) groups is 1. The minimum absolute atomic E-state index is 0.00658. The number of hydrogen-bond donors (Lipinski definition) is 3. The highest BCUT2D eigenvalue weighted by Gasteiger charge is 2.73. The van der Waals surface area contributed by atoms with Crippen LogP contribution in [0.25, 0.3) is 0 Å². The summed E-state index contributed by atoms with van der Waals surface area (Å²) >= 11 is 0. The Balaban J connectivity index is 1.85. The maximum atomic E-state index is 14.9. The number of aliphatic hydroxyl groups is 1. The number of benzene rings is 2. The van der Waals surface area contributed by atoms with E-state index < -0.39 is 73.9 Å². The Labute approximate surface area is 238 Å². The summed E-state index contributed by atoms with van der Waals surface area (Å²) in [6.07, 6.45) is -13.4. The number of hydrogen-bond acceptors (Lipinski definition) is 4. The molecule has 3 atom stereocenters. The Hall–Kier alpha value is -2.81. The van der Waals surface area contributed by atoms with Gasteiger partial charge in [0.05, 0.1) is 4.90 Å². The van der Waals surface area contributed by atoms with E-state index in [0.717, 1.165) is 30.3 Å². The third kappa shape index (κ3) is 5.26. The van der Waals surface area contributed by atoms with E-state index >= 15 is 0 Å². The average molecular weight is 620 g/mol. The van der Waals surface area contributed by atoms with Crippen molar-refractivity contribution >= 4 is 31.6 Å². The highest BCUT2D eigenvalue weighted by Crippen LogP contribution is 2.59. The molecular weight excluding hydrogens is 598 g/mol. The minimum atomic E-state index is -6.37. The number of rotatable bonds is 6. The standard InChI is InChI=1S/C25H22B2F8N2O4S/c26-22(27,39)12-36-20(38)37-19-9-10-21(42(40,41)16-5-3-15(28)4-6-16)17-8-2-14(11-13(17)1-7-18(19)21)23(29,24(30,31)32)25(33,34)35/h2-6,8,11,18-19,39H,1,7,9-10,12H2,(H2,36,37,38)/t18-,19+,21+/m0/s1. The fraction of sp³-hybridized carbons (Fsp3) is 0.480. The van der Waals surface area contributed by atoms with Crippen molar-refractivity contribution in [1.82, 2.24) is 10.6 Å². The number of nitrogens with one attached hydrogen (secondary N) is 2. The van der Waals surface area contributed by atoms with Gasteiger partial charge in [-0.2, -0.15) is 26.3 Å². The monoisotopic (exact) mass is 620 g/mol. The molecule has 1 fully saturated rings. The molecule has 0 spiro atoms. The molecule has 2 aliphatic rings. The van der Waals surface area contributed by atoms with Crippen molar-refractivity contribution in [2.75, 3.05) is 6.54 Å². The molecule has 224 valence electrons. The maximum absolute atomic E-state index is 14.9. The smallest absolute Gasteiger partial charge is 0.407 e. The first-order valence-corrected chi connectivity index (χ1v) is 13.9. The van der Waals surface area contributed by atoms with Gasteiger partial charge in [0.15, 0.2) is 9.84 Å². The molecular formula is C25H22B2F8N2O4S. The molecule has 0 aliphatic heterocycles. The number of carbonyl (C=O) groups excluding carboxylic acids is 1. The van der Waals surface area contributed by atoms with Crippen molar-refractivity contribution in [3.05, 3.63) is 65.0 Å². The summed E-state index contributed by atoms with van der Waals surface area (Å²) in [6.45, 7) is -0.593. The van der Waals surface area contributed by atoms with Crippen molar-refractivity contribution < 1.29 is 53.4 Å². The first-order valence-electron chi connectivity index (χ1n) is 12.5. The third-order valence-electron chi connectivity index (χ3n) is 7.83. The van der Waals surface area contributed by atoms with Crippen molar-refractivity contribution in [2.24, 2.45) is 5.92 Å². The van der Waals surface area contributed by atoms with Gasteiger partial charge in [-0.3, -0.25) is 0 Å². The van der Waals surface area contributed by atoms with Gasteiger partial charge in [-0.25, -0.2) is 22.0 Å². The zero-order valence-corrected chi connectivity index (χ0v) is 22.3. The van der Waals surface area contributed by atoms with Crippen LogP contribution >= 0.6 is 0 Å². The molecule has 6 nitrogen and oxygen atoms in total. The summed E-state index contributed by atoms with van der Waals surface area (Å²) in [5.41, 5.74) is -7.87. The van der Waals surface area contributed by atoms with Crippen LogP contribution < -0.4 is 10.6 Å². The summed E-state index contributed by atoms with van der Waals surface area (Å²) in [4.78, 5) is 12.1. The van der Waals surface area contributed by atoms with E-state index in [2.05, 4.69) is 10.6 Å². The number of fused-ring (bicyclic) bond motifs is 3. The Morgan fingerprint density at radius 3 is 2.12 bits per heavy atom. The molecule has 0 aromatic heterocycles. The van der Waals surface area contributed by atoms with E-state index in [1.807, 2.05) is 0 Å². The van der Waals surface area contributed by atoms with Crippen molar-refractivity contribution in [1.29, 1.82) is 0 Å². The summed E-state index contributed by atoms with van der Waals surface area (Å²) in [5.74, 6) is -1.73. The summed E-state index contributed by atoms with van der Waals surface area (Å²) in [7, 11) is 5.88. The predicted octanol–water partition coefficient (Wildman–Crippen LogP) is 3.79. The normalized spacial score (nSPS) is 23.2. The second-order valence-electron chi connectivity index (χ2n) is 10.5. The quantitative estimate of drug-likeness (QED) is 0.261. The Morgan fingerprint density at radius 1 is 0.976 bits per heavy atom.